The summed E-state index contributed by atoms with van der Waals surface area (Å²) < 4.78 is 19.4. The standard InChI is InChI=1S/C9H11FN2O2/c1-14-9(13)7-5-8-6(10)3-2-4-12(8)11-7/h5-6H,2-4H2,1H3. The second kappa shape index (κ2) is 3.40. The number of nitrogens with zero attached hydrogens (tertiary/aromatic N) is 2. The molecule has 1 aliphatic heterocycles. The van der Waals surface area contributed by atoms with Crippen LogP contribution in [0.1, 0.15) is 35.2 Å². The molecule has 2 heterocycles. The van der Waals surface area contributed by atoms with Gasteiger partial charge in [-0.05, 0) is 18.9 Å². The van der Waals surface area contributed by atoms with Gasteiger partial charge < -0.3 is 4.74 Å². The predicted octanol–water partition coefficient (Wildman–Crippen LogP) is 1.47. The number of halogens is 1. The quantitative estimate of drug-likeness (QED) is 0.642. The Morgan fingerprint density at radius 2 is 2.57 bits per heavy atom. The topological polar surface area (TPSA) is 44.1 Å². The lowest BCUT2D eigenvalue weighted by atomic mass is 10.1. The molecular formula is C9H11FN2O2. The molecule has 0 radical (unpaired) electrons. The van der Waals surface area contributed by atoms with Gasteiger partial charge in [-0.15, -0.1) is 0 Å². The van der Waals surface area contributed by atoms with Gasteiger partial charge in [0.1, 0.15) is 6.17 Å². The van der Waals surface area contributed by atoms with Crippen LogP contribution in [-0.4, -0.2) is 22.9 Å². The van der Waals surface area contributed by atoms with E-state index < -0.39 is 12.1 Å². The normalized spacial score (nSPS) is 20.3. The van der Waals surface area contributed by atoms with Gasteiger partial charge in [-0.2, -0.15) is 5.10 Å². The number of aryl methyl sites for hydroxylation is 1. The zero-order chi connectivity index (χ0) is 10.1. The predicted molar refractivity (Wildman–Crippen MR) is 46.6 cm³/mol. The van der Waals surface area contributed by atoms with Crippen molar-refractivity contribution >= 4 is 5.97 Å². The highest BCUT2D eigenvalue weighted by atomic mass is 19.1. The maximum absolute atomic E-state index is 13.3. The van der Waals surface area contributed by atoms with Crippen molar-refractivity contribution in [3.63, 3.8) is 0 Å². The first kappa shape index (κ1) is 9.18. The minimum Gasteiger partial charge on any atom is -0.464 e. The summed E-state index contributed by atoms with van der Waals surface area (Å²) in [7, 11) is 1.29. The number of aromatic nitrogens is 2. The zero-order valence-electron chi connectivity index (χ0n) is 7.86. The first-order valence-corrected chi connectivity index (χ1v) is 4.52. The summed E-state index contributed by atoms with van der Waals surface area (Å²) >= 11 is 0. The molecule has 1 unspecified atom stereocenters. The highest BCUT2D eigenvalue weighted by Crippen LogP contribution is 2.28. The molecule has 0 bridgehead atoms. The zero-order valence-corrected chi connectivity index (χ0v) is 7.86. The molecule has 1 atom stereocenters. The number of esters is 1. The summed E-state index contributed by atoms with van der Waals surface area (Å²) in [5, 5.41) is 3.97. The van der Waals surface area contributed by atoms with E-state index >= 15 is 0 Å². The number of hydrogen-bond acceptors (Lipinski definition) is 3. The van der Waals surface area contributed by atoms with Gasteiger partial charge in [0.15, 0.2) is 5.69 Å². The molecule has 0 saturated heterocycles. The minimum absolute atomic E-state index is 0.187. The van der Waals surface area contributed by atoms with Crippen LogP contribution >= 0.6 is 0 Å². The average Bonchev–Trinajstić information content (AvgIpc) is 2.62. The summed E-state index contributed by atoms with van der Waals surface area (Å²) in [4.78, 5) is 11.1. The summed E-state index contributed by atoms with van der Waals surface area (Å²) in [6, 6.07) is 1.47. The van der Waals surface area contributed by atoms with E-state index in [2.05, 4.69) is 9.84 Å². The minimum atomic E-state index is -1.00. The number of hydrogen-bond donors (Lipinski definition) is 0. The summed E-state index contributed by atoms with van der Waals surface area (Å²) in [6.45, 7) is 0.673. The van der Waals surface area contributed by atoms with Gasteiger partial charge in [-0.1, -0.05) is 0 Å². The number of carbonyl (C=O) groups excluding carboxylic acids is 1. The fourth-order valence-electron chi connectivity index (χ4n) is 1.63. The highest BCUT2D eigenvalue weighted by molar-refractivity contribution is 5.87. The molecular weight excluding hydrogens is 187 g/mol. The Hall–Kier alpha value is -1.39. The van der Waals surface area contributed by atoms with Gasteiger partial charge in [-0.25, -0.2) is 9.18 Å². The Balaban J connectivity index is 2.35. The number of alkyl halides is 1. The molecule has 1 aromatic rings. The third-order valence-electron chi connectivity index (χ3n) is 2.35. The molecule has 0 aromatic carbocycles. The van der Waals surface area contributed by atoms with Crippen LogP contribution < -0.4 is 0 Å². The van der Waals surface area contributed by atoms with Crippen LogP contribution in [-0.2, 0) is 11.3 Å². The Labute approximate surface area is 80.7 Å². The maximum atomic E-state index is 13.3. The van der Waals surface area contributed by atoms with Crippen molar-refractivity contribution in [2.24, 2.45) is 0 Å². The van der Waals surface area contributed by atoms with Gasteiger partial charge in [0.05, 0.1) is 12.8 Å². The van der Waals surface area contributed by atoms with Crippen molar-refractivity contribution in [1.82, 2.24) is 9.78 Å². The van der Waals surface area contributed by atoms with Gasteiger partial charge in [-0.3, -0.25) is 4.68 Å². The molecule has 0 aliphatic carbocycles. The molecule has 2 rings (SSSR count). The lowest BCUT2D eigenvalue weighted by molar-refractivity contribution is 0.0593. The Bertz CT molecular complexity index is 362. The molecule has 5 heteroatoms. The molecule has 76 valence electrons. The Kier molecular flexibility index (Phi) is 2.23. The van der Waals surface area contributed by atoms with E-state index in [0.29, 0.717) is 18.7 Å². The van der Waals surface area contributed by atoms with Gasteiger partial charge >= 0.3 is 5.97 Å². The Morgan fingerprint density at radius 1 is 1.79 bits per heavy atom. The molecule has 0 fully saturated rings. The fourth-order valence-corrected chi connectivity index (χ4v) is 1.63. The number of fused-ring (bicyclic) bond motifs is 1. The second-order valence-electron chi connectivity index (χ2n) is 3.28. The molecule has 14 heavy (non-hydrogen) atoms. The number of carbonyl (C=O) groups is 1. The van der Waals surface area contributed by atoms with Crippen LogP contribution in [0, 0.1) is 0 Å². The van der Waals surface area contributed by atoms with E-state index in [1.165, 1.54) is 13.2 Å². The lowest BCUT2D eigenvalue weighted by Gasteiger charge is -2.16. The SMILES string of the molecule is COC(=O)c1cc2n(n1)CCCC2F. The first-order valence-electron chi connectivity index (χ1n) is 4.52. The van der Waals surface area contributed by atoms with Crippen molar-refractivity contribution in [3.8, 4) is 0 Å². The van der Waals surface area contributed by atoms with Crippen LogP contribution in [0.4, 0.5) is 4.39 Å². The molecule has 1 aliphatic rings. The van der Waals surface area contributed by atoms with E-state index in [-0.39, 0.29) is 5.69 Å². The van der Waals surface area contributed by atoms with E-state index in [1.807, 2.05) is 0 Å². The summed E-state index contributed by atoms with van der Waals surface area (Å²) in [5.41, 5.74) is 0.670. The highest BCUT2D eigenvalue weighted by Gasteiger charge is 2.24. The molecule has 0 amide bonds. The first-order chi connectivity index (χ1) is 6.72. The fraction of sp³-hybridized carbons (Fsp3) is 0.556. The van der Waals surface area contributed by atoms with Gasteiger partial charge in [0, 0.05) is 6.54 Å². The van der Waals surface area contributed by atoms with E-state index in [0.717, 1.165) is 6.42 Å². The van der Waals surface area contributed by atoms with Crippen LogP contribution in [0.25, 0.3) is 0 Å². The second-order valence-corrected chi connectivity index (χ2v) is 3.28. The van der Waals surface area contributed by atoms with Crippen molar-refractivity contribution in [2.45, 2.75) is 25.6 Å². The number of methoxy groups -OCH3 is 1. The smallest absolute Gasteiger partial charge is 0.358 e. The Morgan fingerprint density at radius 3 is 3.21 bits per heavy atom. The van der Waals surface area contributed by atoms with Crippen molar-refractivity contribution < 1.29 is 13.9 Å². The lowest BCUT2D eigenvalue weighted by Crippen LogP contribution is -2.13. The number of rotatable bonds is 1. The van der Waals surface area contributed by atoms with Crippen molar-refractivity contribution in [1.29, 1.82) is 0 Å². The molecule has 0 spiro atoms. The average molecular weight is 198 g/mol. The van der Waals surface area contributed by atoms with Crippen LogP contribution in [0.3, 0.4) is 0 Å². The summed E-state index contributed by atoms with van der Waals surface area (Å²) in [5.74, 6) is -0.515. The van der Waals surface area contributed by atoms with E-state index in [4.69, 9.17) is 0 Å². The van der Waals surface area contributed by atoms with Gasteiger partial charge in [0.25, 0.3) is 0 Å². The van der Waals surface area contributed by atoms with Gasteiger partial charge in [0.2, 0.25) is 0 Å². The number of ether oxygens (including phenoxy) is 1. The molecule has 1 aromatic heterocycles. The van der Waals surface area contributed by atoms with Crippen LogP contribution in [0.2, 0.25) is 0 Å². The molecule has 0 N–H and O–H groups in total. The van der Waals surface area contributed by atoms with Crippen LogP contribution in [0.5, 0.6) is 0 Å². The summed E-state index contributed by atoms with van der Waals surface area (Å²) in [6.07, 6.45) is 0.262. The largest absolute Gasteiger partial charge is 0.464 e. The van der Waals surface area contributed by atoms with E-state index in [9.17, 15) is 9.18 Å². The maximum Gasteiger partial charge on any atom is 0.358 e. The third-order valence-corrected chi connectivity index (χ3v) is 2.35. The van der Waals surface area contributed by atoms with E-state index in [1.54, 1.807) is 4.68 Å². The third kappa shape index (κ3) is 1.38. The van der Waals surface area contributed by atoms with Crippen molar-refractivity contribution in [2.75, 3.05) is 7.11 Å². The molecule has 0 saturated carbocycles. The molecule has 4 nitrogen and oxygen atoms in total. The van der Waals surface area contributed by atoms with Crippen molar-refractivity contribution in [3.05, 3.63) is 17.5 Å². The van der Waals surface area contributed by atoms with Crippen LogP contribution in [0.15, 0.2) is 6.07 Å². The monoisotopic (exact) mass is 198 g/mol.